The summed E-state index contributed by atoms with van der Waals surface area (Å²) in [5.41, 5.74) is 0.111. The Labute approximate surface area is 125 Å². The van der Waals surface area contributed by atoms with E-state index >= 15 is 0 Å². The molecular weight excluding hydrogens is 328 g/mol. The molecule has 0 bridgehead atoms. The lowest BCUT2D eigenvalue weighted by molar-refractivity contribution is -0.385. The van der Waals surface area contributed by atoms with E-state index in [1.807, 2.05) is 6.92 Å². The predicted octanol–water partition coefficient (Wildman–Crippen LogP) is 2.59. The predicted molar refractivity (Wildman–Crippen MR) is 78.7 cm³/mol. The molecule has 20 heavy (non-hydrogen) atoms. The summed E-state index contributed by atoms with van der Waals surface area (Å²) in [4.78, 5) is 24.2. The number of nitrogens with zero attached hydrogens (tertiary/aromatic N) is 2. The second kappa shape index (κ2) is 7.96. The lowest BCUT2D eigenvalue weighted by atomic mass is 10.1. The molecule has 1 aromatic carbocycles. The van der Waals surface area contributed by atoms with Crippen molar-refractivity contribution >= 4 is 27.5 Å². The number of hydrogen-bond donors (Lipinski definition) is 1. The number of carbonyl (C=O) groups excluding carboxylic acids is 1. The molecule has 1 aromatic rings. The van der Waals surface area contributed by atoms with Crippen LogP contribution in [0.1, 0.15) is 30.1 Å². The molecule has 6 nitrogen and oxygen atoms in total. The van der Waals surface area contributed by atoms with Crippen LogP contribution in [0.25, 0.3) is 0 Å². The topological polar surface area (TPSA) is 83.7 Å². The average Bonchev–Trinajstić information content (AvgIpc) is 2.43. The highest BCUT2D eigenvalue weighted by Gasteiger charge is 2.19. The third kappa shape index (κ3) is 4.28. The Bertz CT molecular complexity index is 493. The third-order valence-electron chi connectivity index (χ3n) is 2.83. The summed E-state index contributed by atoms with van der Waals surface area (Å²) >= 11 is 3.08. The molecule has 0 atom stereocenters. The van der Waals surface area contributed by atoms with Crippen molar-refractivity contribution in [3.63, 3.8) is 0 Å². The zero-order valence-corrected chi connectivity index (χ0v) is 12.8. The SMILES string of the molecule is CCCCN(CCO)C(=O)c1ccc(Br)c([N+](=O)[O-])c1. The summed E-state index contributed by atoms with van der Waals surface area (Å²) in [5, 5.41) is 19.9. The molecule has 0 unspecified atom stereocenters. The lowest BCUT2D eigenvalue weighted by Gasteiger charge is -2.21. The van der Waals surface area contributed by atoms with Gasteiger partial charge < -0.3 is 10.0 Å². The van der Waals surface area contributed by atoms with Gasteiger partial charge in [0, 0.05) is 24.7 Å². The highest BCUT2D eigenvalue weighted by Crippen LogP contribution is 2.26. The average molecular weight is 345 g/mol. The number of halogens is 1. The summed E-state index contributed by atoms with van der Waals surface area (Å²) in [7, 11) is 0. The number of amides is 1. The van der Waals surface area contributed by atoms with Crippen LogP contribution in [0.5, 0.6) is 0 Å². The number of rotatable bonds is 7. The molecule has 1 N–H and O–H groups in total. The summed E-state index contributed by atoms with van der Waals surface area (Å²) in [5.74, 6) is -0.303. The number of aliphatic hydroxyl groups excluding tert-OH is 1. The van der Waals surface area contributed by atoms with E-state index in [1.165, 1.54) is 23.1 Å². The number of hydrogen-bond acceptors (Lipinski definition) is 4. The minimum Gasteiger partial charge on any atom is -0.395 e. The summed E-state index contributed by atoms with van der Waals surface area (Å²) in [6.07, 6.45) is 1.75. The van der Waals surface area contributed by atoms with Gasteiger partial charge in [0.1, 0.15) is 0 Å². The molecule has 0 aliphatic heterocycles. The third-order valence-corrected chi connectivity index (χ3v) is 3.50. The van der Waals surface area contributed by atoms with E-state index in [2.05, 4.69) is 15.9 Å². The van der Waals surface area contributed by atoms with Crippen LogP contribution in [0.3, 0.4) is 0 Å². The first-order chi connectivity index (χ1) is 9.51. The van der Waals surface area contributed by atoms with Crippen molar-refractivity contribution in [2.24, 2.45) is 0 Å². The molecule has 1 rings (SSSR count). The Kier molecular flexibility index (Phi) is 6.60. The number of carbonyl (C=O) groups is 1. The quantitative estimate of drug-likeness (QED) is 0.608. The first-order valence-corrected chi connectivity index (χ1v) is 7.14. The number of benzene rings is 1. The number of aliphatic hydroxyl groups is 1. The van der Waals surface area contributed by atoms with Crippen LogP contribution in [0.2, 0.25) is 0 Å². The second-order valence-electron chi connectivity index (χ2n) is 4.29. The van der Waals surface area contributed by atoms with Crippen molar-refractivity contribution in [3.05, 3.63) is 38.3 Å². The van der Waals surface area contributed by atoms with E-state index in [4.69, 9.17) is 5.11 Å². The molecule has 0 saturated heterocycles. The van der Waals surface area contributed by atoms with Gasteiger partial charge in [0.2, 0.25) is 0 Å². The van der Waals surface area contributed by atoms with Crippen molar-refractivity contribution in [1.82, 2.24) is 4.90 Å². The molecule has 110 valence electrons. The van der Waals surface area contributed by atoms with Gasteiger partial charge in [0.15, 0.2) is 0 Å². The zero-order valence-electron chi connectivity index (χ0n) is 11.2. The highest BCUT2D eigenvalue weighted by atomic mass is 79.9. The first-order valence-electron chi connectivity index (χ1n) is 6.35. The fourth-order valence-electron chi connectivity index (χ4n) is 1.75. The van der Waals surface area contributed by atoms with Crippen LogP contribution >= 0.6 is 15.9 Å². The van der Waals surface area contributed by atoms with E-state index in [9.17, 15) is 14.9 Å². The van der Waals surface area contributed by atoms with E-state index < -0.39 is 4.92 Å². The Hall–Kier alpha value is -1.47. The summed E-state index contributed by atoms with van der Waals surface area (Å²) < 4.78 is 0.335. The molecule has 0 aliphatic rings. The van der Waals surface area contributed by atoms with Gasteiger partial charge in [-0.3, -0.25) is 14.9 Å². The highest BCUT2D eigenvalue weighted by molar-refractivity contribution is 9.10. The maximum atomic E-state index is 12.3. The van der Waals surface area contributed by atoms with Crippen molar-refractivity contribution in [1.29, 1.82) is 0 Å². The second-order valence-corrected chi connectivity index (χ2v) is 5.15. The van der Waals surface area contributed by atoms with E-state index in [0.29, 0.717) is 11.0 Å². The largest absolute Gasteiger partial charge is 0.395 e. The van der Waals surface area contributed by atoms with Gasteiger partial charge in [-0.25, -0.2) is 0 Å². The Morgan fingerprint density at radius 1 is 1.45 bits per heavy atom. The molecule has 7 heteroatoms. The van der Waals surface area contributed by atoms with Crippen LogP contribution in [0.4, 0.5) is 5.69 Å². The molecule has 0 aromatic heterocycles. The number of unbranched alkanes of at least 4 members (excludes halogenated alkanes) is 1. The normalized spacial score (nSPS) is 10.3. The minimum atomic E-state index is -0.538. The van der Waals surface area contributed by atoms with Crippen LogP contribution in [0, 0.1) is 10.1 Å². The van der Waals surface area contributed by atoms with E-state index in [-0.39, 0.29) is 30.3 Å². The Morgan fingerprint density at radius 2 is 2.15 bits per heavy atom. The first kappa shape index (κ1) is 16.6. The molecule has 0 radical (unpaired) electrons. The van der Waals surface area contributed by atoms with E-state index in [0.717, 1.165) is 12.8 Å². The maximum Gasteiger partial charge on any atom is 0.284 e. The number of nitro benzene ring substituents is 1. The summed E-state index contributed by atoms with van der Waals surface area (Å²) in [6.45, 7) is 2.63. The monoisotopic (exact) mass is 344 g/mol. The molecular formula is C13H17BrN2O4. The van der Waals surface area contributed by atoms with Crippen LogP contribution in [-0.2, 0) is 0 Å². The van der Waals surface area contributed by atoms with Crippen molar-refractivity contribution in [3.8, 4) is 0 Å². The number of nitro groups is 1. The van der Waals surface area contributed by atoms with Gasteiger partial charge in [-0.1, -0.05) is 13.3 Å². The molecule has 0 saturated carbocycles. The fourth-order valence-corrected chi connectivity index (χ4v) is 2.14. The smallest absolute Gasteiger partial charge is 0.284 e. The molecule has 0 heterocycles. The van der Waals surface area contributed by atoms with Gasteiger partial charge in [0.25, 0.3) is 11.6 Å². The maximum absolute atomic E-state index is 12.3. The van der Waals surface area contributed by atoms with E-state index in [1.54, 1.807) is 0 Å². The molecule has 1 amide bonds. The van der Waals surface area contributed by atoms with Crippen LogP contribution < -0.4 is 0 Å². The molecule has 0 fully saturated rings. The minimum absolute atomic E-state index is 0.131. The van der Waals surface area contributed by atoms with Crippen LogP contribution in [-0.4, -0.2) is 40.5 Å². The van der Waals surface area contributed by atoms with Crippen molar-refractivity contribution in [2.45, 2.75) is 19.8 Å². The molecule has 0 aliphatic carbocycles. The van der Waals surface area contributed by atoms with Gasteiger partial charge in [0.05, 0.1) is 16.0 Å². The standard InChI is InChI=1S/C13H17BrN2O4/c1-2-3-6-15(7-8-17)13(18)10-4-5-11(14)12(9-10)16(19)20/h4-5,9,17H,2-3,6-8H2,1H3. The Morgan fingerprint density at radius 3 is 2.70 bits per heavy atom. The van der Waals surface area contributed by atoms with Crippen molar-refractivity contribution in [2.75, 3.05) is 19.7 Å². The fraction of sp³-hybridized carbons (Fsp3) is 0.462. The Balaban J connectivity index is 2.99. The van der Waals surface area contributed by atoms with Gasteiger partial charge >= 0.3 is 0 Å². The van der Waals surface area contributed by atoms with Gasteiger partial charge in [-0.2, -0.15) is 0 Å². The summed E-state index contributed by atoms with van der Waals surface area (Å²) in [6, 6.07) is 4.28. The molecule has 0 spiro atoms. The zero-order chi connectivity index (χ0) is 15.1. The van der Waals surface area contributed by atoms with Crippen LogP contribution in [0.15, 0.2) is 22.7 Å². The van der Waals surface area contributed by atoms with Gasteiger partial charge in [-0.05, 0) is 34.5 Å². The van der Waals surface area contributed by atoms with Gasteiger partial charge in [-0.15, -0.1) is 0 Å². The lowest BCUT2D eigenvalue weighted by Crippen LogP contribution is -2.34. The van der Waals surface area contributed by atoms with Crippen molar-refractivity contribution < 1.29 is 14.8 Å².